The molecule has 5 nitrogen and oxygen atoms in total. The zero-order valence-electron chi connectivity index (χ0n) is 18.8. The van der Waals surface area contributed by atoms with E-state index in [1.807, 2.05) is 7.11 Å². The van der Waals surface area contributed by atoms with E-state index in [4.69, 9.17) is 13.3 Å². The van der Waals surface area contributed by atoms with Gasteiger partial charge in [-0.2, -0.15) is 0 Å². The highest BCUT2D eigenvalue weighted by Crippen LogP contribution is 2.32. The van der Waals surface area contributed by atoms with Crippen LogP contribution in [0.15, 0.2) is 0 Å². The van der Waals surface area contributed by atoms with E-state index in [0.717, 1.165) is 6.04 Å². The van der Waals surface area contributed by atoms with Gasteiger partial charge in [0, 0.05) is 27.4 Å². The van der Waals surface area contributed by atoms with Crippen molar-refractivity contribution in [2.24, 2.45) is 0 Å². The van der Waals surface area contributed by atoms with Crippen molar-refractivity contribution < 1.29 is 13.3 Å². The average Bonchev–Trinajstić information content (AvgIpc) is 3.11. The van der Waals surface area contributed by atoms with E-state index in [0.29, 0.717) is 0 Å². The number of halogens is 1. The molecule has 0 spiro atoms. The molecule has 0 amide bonds. The second-order valence-corrected chi connectivity index (χ2v) is 27.1. The molecule has 0 aromatic carbocycles. The third-order valence-corrected chi connectivity index (χ3v) is 22.6. The maximum Gasteiger partial charge on any atom is 0.420 e. The van der Waals surface area contributed by atoms with Crippen LogP contribution >= 0.6 is 24.0 Å². The summed E-state index contributed by atoms with van der Waals surface area (Å²) in [5, 5.41) is 0. The molecule has 2 saturated heterocycles. The maximum atomic E-state index is 5.74. The Morgan fingerprint density at radius 2 is 1.12 bits per heavy atom. The SMILES string of the molecule is CO[Si]1(C)CCCN1[Si](C)(C)C.CO[Si]1(OC)CCCN1[Si](C)(C)C.I. The molecule has 1 atom stereocenters. The van der Waals surface area contributed by atoms with Crippen LogP contribution in [0.1, 0.15) is 12.8 Å². The molecule has 0 saturated carbocycles. The van der Waals surface area contributed by atoms with Gasteiger partial charge < -0.3 is 21.7 Å². The van der Waals surface area contributed by atoms with Crippen molar-refractivity contribution in [1.29, 1.82) is 0 Å². The van der Waals surface area contributed by atoms with E-state index in [1.54, 1.807) is 14.2 Å². The van der Waals surface area contributed by atoms with Crippen LogP contribution in [0.4, 0.5) is 0 Å². The Labute approximate surface area is 183 Å². The highest BCUT2D eigenvalue weighted by molar-refractivity contribution is 14.0. The Kier molecular flexibility index (Phi) is 11.0. The Hall–Kier alpha value is 1.40. The fourth-order valence-electron chi connectivity index (χ4n) is 4.31. The highest BCUT2D eigenvalue weighted by Gasteiger charge is 2.52. The molecule has 0 radical (unpaired) electrons. The van der Waals surface area contributed by atoms with Gasteiger partial charge in [-0.05, 0) is 38.5 Å². The van der Waals surface area contributed by atoms with Crippen LogP contribution in [0.25, 0.3) is 0 Å². The predicted molar refractivity (Wildman–Crippen MR) is 133 cm³/mol. The molecule has 1 unspecified atom stereocenters. The summed E-state index contributed by atoms with van der Waals surface area (Å²) in [5.41, 5.74) is 0. The lowest BCUT2D eigenvalue weighted by Crippen LogP contribution is -2.62. The summed E-state index contributed by atoms with van der Waals surface area (Å²) in [6.07, 6.45) is 2.58. The van der Waals surface area contributed by atoms with Crippen molar-refractivity contribution in [1.82, 2.24) is 8.46 Å². The molecule has 2 aliphatic heterocycles. The van der Waals surface area contributed by atoms with Gasteiger partial charge >= 0.3 is 8.72 Å². The molecule has 2 heterocycles. The number of hydrogen-bond donors (Lipinski definition) is 0. The third-order valence-electron chi connectivity index (χ3n) is 5.58. The lowest BCUT2D eigenvalue weighted by molar-refractivity contribution is 0.211. The van der Waals surface area contributed by atoms with E-state index in [-0.39, 0.29) is 24.0 Å². The van der Waals surface area contributed by atoms with Crippen LogP contribution in [0.5, 0.6) is 0 Å². The Balaban J connectivity index is 0.000000464. The predicted octanol–water partition coefficient (Wildman–Crippen LogP) is 4.62. The molecule has 26 heavy (non-hydrogen) atoms. The molecule has 0 bridgehead atoms. The van der Waals surface area contributed by atoms with E-state index >= 15 is 0 Å². The van der Waals surface area contributed by atoms with Gasteiger partial charge in [0.1, 0.15) is 16.5 Å². The lowest BCUT2D eigenvalue weighted by Gasteiger charge is -2.40. The second kappa shape index (κ2) is 10.4. The van der Waals surface area contributed by atoms with Crippen LogP contribution in [0.2, 0.25) is 57.9 Å². The third kappa shape index (κ3) is 6.45. The van der Waals surface area contributed by atoms with Gasteiger partial charge in [0.05, 0.1) is 0 Å². The summed E-state index contributed by atoms with van der Waals surface area (Å²) >= 11 is 0. The summed E-state index contributed by atoms with van der Waals surface area (Å²) in [6.45, 7) is 19.1. The van der Waals surface area contributed by atoms with Crippen molar-refractivity contribution >= 4 is 57.6 Å². The van der Waals surface area contributed by atoms with Gasteiger partial charge in [-0.1, -0.05) is 39.3 Å². The van der Waals surface area contributed by atoms with E-state index in [9.17, 15) is 0 Å². The first kappa shape index (κ1) is 27.4. The van der Waals surface area contributed by atoms with E-state index in [2.05, 4.69) is 54.3 Å². The minimum Gasteiger partial charge on any atom is -0.407 e. The Bertz CT molecular complexity index is 431. The lowest BCUT2D eigenvalue weighted by atomic mass is 10.5. The van der Waals surface area contributed by atoms with Crippen LogP contribution < -0.4 is 0 Å². The largest absolute Gasteiger partial charge is 0.420 e. The van der Waals surface area contributed by atoms with Gasteiger partial charge in [-0.25, -0.2) is 0 Å². The summed E-state index contributed by atoms with van der Waals surface area (Å²) in [4.78, 5) is 0. The van der Waals surface area contributed by atoms with Crippen molar-refractivity contribution in [2.45, 2.75) is 70.8 Å². The van der Waals surface area contributed by atoms with Gasteiger partial charge in [0.25, 0.3) is 8.48 Å². The van der Waals surface area contributed by atoms with Crippen molar-refractivity contribution in [3.63, 3.8) is 0 Å². The summed E-state index contributed by atoms with van der Waals surface area (Å²) in [5.74, 6) is 0. The van der Waals surface area contributed by atoms with E-state index < -0.39 is 33.7 Å². The molecule has 10 heteroatoms. The van der Waals surface area contributed by atoms with Crippen LogP contribution in [-0.4, -0.2) is 76.6 Å². The number of hydrogen-bond acceptors (Lipinski definition) is 5. The van der Waals surface area contributed by atoms with Gasteiger partial charge in [0.2, 0.25) is 0 Å². The first-order chi connectivity index (χ1) is 11.4. The fourth-order valence-corrected chi connectivity index (χ4v) is 21.8. The topological polar surface area (TPSA) is 34.2 Å². The standard InChI is InChI=1S/C8H21NO2Si2.C8H21NOSi2.HI/c1-10-13(11-2)8-6-7-9(13)12(3,4)5;1-10-12(5)8-6-7-9(12)11(2,3)4;/h6-8H2,1-5H3;6-8H2,1-5H3;1H. The van der Waals surface area contributed by atoms with E-state index in [1.165, 1.54) is 32.0 Å². The Morgan fingerprint density at radius 3 is 1.42 bits per heavy atom. The fraction of sp³-hybridized carbons (Fsp3) is 1.00. The van der Waals surface area contributed by atoms with Crippen LogP contribution in [0.3, 0.4) is 0 Å². The first-order valence-electron chi connectivity index (χ1n) is 9.57. The maximum absolute atomic E-state index is 5.74. The van der Waals surface area contributed by atoms with Crippen molar-refractivity contribution in [3.05, 3.63) is 0 Å². The molecule has 0 N–H and O–H groups in total. The average molecular weight is 551 g/mol. The number of rotatable bonds is 5. The normalized spacial score (nSPS) is 27.0. The molecular formula is C16H43IN2O3Si4. The zero-order chi connectivity index (χ0) is 19.5. The molecule has 2 fully saturated rings. The second-order valence-electron chi connectivity index (χ2n) is 9.35. The summed E-state index contributed by atoms with van der Waals surface area (Å²) in [7, 11) is -0.254. The highest BCUT2D eigenvalue weighted by atomic mass is 127. The molecular weight excluding hydrogens is 507 g/mol. The van der Waals surface area contributed by atoms with Crippen LogP contribution in [-0.2, 0) is 13.3 Å². The summed E-state index contributed by atoms with van der Waals surface area (Å²) in [6, 6.07) is 2.46. The molecule has 2 aliphatic rings. The number of nitrogens with zero attached hydrogens (tertiary/aromatic N) is 2. The molecule has 158 valence electrons. The molecule has 0 aromatic rings. The summed E-state index contributed by atoms with van der Waals surface area (Å²) < 4.78 is 22.3. The first-order valence-corrected chi connectivity index (χ1v) is 21.0. The monoisotopic (exact) mass is 550 g/mol. The van der Waals surface area contributed by atoms with Crippen molar-refractivity contribution in [2.75, 3.05) is 34.4 Å². The van der Waals surface area contributed by atoms with Crippen molar-refractivity contribution in [3.8, 4) is 0 Å². The van der Waals surface area contributed by atoms with Crippen LogP contribution in [0, 0.1) is 0 Å². The van der Waals surface area contributed by atoms with Gasteiger partial charge in [-0.15, -0.1) is 24.0 Å². The van der Waals surface area contributed by atoms with Gasteiger partial charge in [-0.3, -0.25) is 0 Å². The molecule has 0 aromatic heterocycles. The smallest absolute Gasteiger partial charge is 0.407 e. The molecule has 2 rings (SSSR count). The van der Waals surface area contributed by atoms with Gasteiger partial charge in [0.15, 0.2) is 0 Å². The minimum atomic E-state index is -1.95. The zero-order valence-corrected chi connectivity index (χ0v) is 25.1. The quantitative estimate of drug-likeness (QED) is 0.369. The Morgan fingerprint density at radius 1 is 0.692 bits per heavy atom. The minimum absolute atomic E-state index is 0. The molecule has 0 aliphatic carbocycles.